The van der Waals surface area contributed by atoms with Crippen LogP contribution in [0.1, 0.15) is 91.5 Å². The second-order valence-corrected chi connectivity index (χ2v) is 21.6. The Morgan fingerprint density at radius 2 is 1.84 bits per heavy atom. The number of methoxy groups -OCH3 is 1. The maximum absolute atomic E-state index is 15.0. The molecule has 1 aromatic carbocycles. The fourth-order valence-electron chi connectivity index (χ4n) is 8.81. The van der Waals surface area contributed by atoms with Crippen molar-refractivity contribution in [3.05, 3.63) is 66.6 Å². The summed E-state index contributed by atoms with van der Waals surface area (Å²) in [7, 11) is -2.45. The normalized spacial score (nSPS) is 23.1. The van der Waals surface area contributed by atoms with Gasteiger partial charge >= 0.3 is 5.97 Å². The lowest BCUT2D eigenvalue weighted by Gasteiger charge is -2.35. The average molecular weight is 873 g/mol. The number of amides is 1. The van der Waals surface area contributed by atoms with Crippen molar-refractivity contribution in [2.75, 3.05) is 19.0 Å². The summed E-state index contributed by atoms with van der Waals surface area (Å²) in [6, 6.07) is 6.52. The van der Waals surface area contributed by atoms with Crippen LogP contribution < -0.4 is 14.8 Å². The van der Waals surface area contributed by atoms with E-state index in [-0.39, 0.29) is 61.7 Å². The molecule has 14 nitrogen and oxygen atoms in total. The molecule has 2 aliphatic carbocycles. The van der Waals surface area contributed by atoms with Crippen LogP contribution in [0, 0.1) is 17.3 Å². The Labute approximate surface area is 361 Å². The molecule has 1 amide bonds. The summed E-state index contributed by atoms with van der Waals surface area (Å²) in [5.74, 6) is -1.23. The number of benzene rings is 1. The van der Waals surface area contributed by atoms with Crippen LogP contribution in [-0.4, -0.2) is 90.5 Å². The van der Waals surface area contributed by atoms with E-state index in [1.165, 1.54) is 35.0 Å². The van der Waals surface area contributed by atoms with E-state index in [2.05, 4.69) is 21.9 Å². The van der Waals surface area contributed by atoms with Crippen molar-refractivity contribution in [3.8, 4) is 22.9 Å². The van der Waals surface area contributed by atoms with Gasteiger partial charge in [0.15, 0.2) is 10.9 Å². The summed E-state index contributed by atoms with van der Waals surface area (Å²) < 4.78 is 32.5. The van der Waals surface area contributed by atoms with Gasteiger partial charge in [-0.25, -0.2) is 19.9 Å². The number of fused-ring (bicyclic) bond motifs is 1. The highest BCUT2D eigenvalue weighted by molar-refractivity contribution is 7.59. The molecule has 3 aromatic heterocycles. The molecule has 1 saturated heterocycles. The molecule has 1 unspecified atom stereocenters. The predicted molar refractivity (Wildman–Crippen MR) is 235 cm³/mol. The van der Waals surface area contributed by atoms with Gasteiger partial charge in [0.05, 0.1) is 54.6 Å². The third-order valence-corrected chi connectivity index (χ3v) is 15.9. The van der Waals surface area contributed by atoms with Crippen molar-refractivity contribution < 1.29 is 38.1 Å². The molecule has 2 N–H and O–H groups in total. The first kappa shape index (κ1) is 44.3. The van der Waals surface area contributed by atoms with Gasteiger partial charge in [0, 0.05) is 54.2 Å². The predicted octanol–water partition coefficient (Wildman–Crippen LogP) is 8.24. The van der Waals surface area contributed by atoms with E-state index in [4.69, 9.17) is 24.2 Å². The third-order valence-electron chi connectivity index (χ3n) is 12.3. The summed E-state index contributed by atoms with van der Waals surface area (Å²) >= 11 is 1.47. The molecule has 2 saturated carbocycles. The smallest absolute Gasteiger partial charge is 0.306 e. The highest BCUT2D eigenvalue weighted by Gasteiger charge is 2.65. The number of pyridine rings is 1. The number of Topliss-reactive ketones (excluding diaryl/α,β-unsaturated/α-hetero) is 1. The summed E-state index contributed by atoms with van der Waals surface area (Å²) in [6.07, 6.45) is 8.62. The van der Waals surface area contributed by atoms with Crippen LogP contribution in [0.15, 0.2) is 61.0 Å². The van der Waals surface area contributed by atoms with Gasteiger partial charge < -0.3 is 29.3 Å². The number of likely N-dealkylation sites (tertiary alicyclic amines) is 1. The van der Waals surface area contributed by atoms with Crippen molar-refractivity contribution in [2.45, 2.75) is 122 Å². The van der Waals surface area contributed by atoms with Gasteiger partial charge in [-0.2, -0.15) is 0 Å². The largest absolute Gasteiger partial charge is 0.497 e. The Hall–Kier alpha value is -4.72. The minimum Gasteiger partial charge on any atom is -0.497 e. The van der Waals surface area contributed by atoms with Crippen LogP contribution in [0.3, 0.4) is 0 Å². The monoisotopic (exact) mass is 872 g/mol. The molecule has 7 rings (SSSR count). The van der Waals surface area contributed by atoms with Gasteiger partial charge in [-0.3, -0.25) is 18.9 Å². The van der Waals surface area contributed by atoms with Crippen LogP contribution in [0.25, 0.3) is 22.3 Å². The van der Waals surface area contributed by atoms with Crippen molar-refractivity contribution in [2.24, 2.45) is 17.3 Å². The molecule has 326 valence electrons. The Kier molecular flexibility index (Phi) is 13.0. The number of nitrogens with one attached hydrogen (secondary N) is 1. The molecule has 4 heterocycles. The van der Waals surface area contributed by atoms with E-state index in [0.29, 0.717) is 45.8 Å². The quantitative estimate of drug-likeness (QED) is 0.0588. The second-order valence-electron chi connectivity index (χ2n) is 18.1. The highest BCUT2D eigenvalue weighted by atomic mass is 32.1. The van der Waals surface area contributed by atoms with E-state index in [9.17, 15) is 23.8 Å². The minimum atomic E-state index is -4.04. The SMILES string of the molecule is C=C[C@@H]1C[C@]1(CC(=O)[C@@H]1C[C@@H](Oc2cc(-c3csc(NC(C)C)n3)nc3cc(OC)ccc23)CN1C(=O)[C@@H](CC(=O)OC1CCCC1)C(C)(C)C)P(=O)(O)Cc1cncnc1. The highest BCUT2D eigenvalue weighted by Crippen LogP contribution is 2.74. The molecule has 6 atom stereocenters. The van der Waals surface area contributed by atoms with Crippen LogP contribution in [0.4, 0.5) is 5.13 Å². The number of hydrogen-bond acceptors (Lipinski definition) is 13. The Morgan fingerprint density at radius 3 is 2.49 bits per heavy atom. The number of allylic oxidation sites excluding steroid dienone is 1. The number of carbonyl (C=O) groups excluding carboxylic acids is 3. The topological polar surface area (TPSA) is 183 Å². The van der Waals surface area contributed by atoms with Gasteiger partial charge in [-0.1, -0.05) is 26.8 Å². The fourth-order valence-corrected chi connectivity index (χ4v) is 12.1. The maximum atomic E-state index is 15.0. The van der Waals surface area contributed by atoms with E-state index < -0.39 is 42.0 Å². The second kappa shape index (κ2) is 17.9. The van der Waals surface area contributed by atoms with Crippen molar-refractivity contribution >= 4 is 52.4 Å². The fraction of sp³-hybridized carbons (Fsp3) is 0.533. The van der Waals surface area contributed by atoms with E-state index in [1.807, 2.05) is 64.3 Å². The zero-order valence-electron chi connectivity index (χ0n) is 35.8. The Bertz CT molecular complexity index is 2310. The lowest BCUT2D eigenvalue weighted by Crippen LogP contribution is -2.48. The van der Waals surface area contributed by atoms with Crippen LogP contribution in [0.5, 0.6) is 11.5 Å². The molecule has 3 aliphatic rings. The first-order valence-electron chi connectivity index (χ1n) is 21.1. The molecule has 16 heteroatoms. The standard InChI is InChI=1S/C45H57N6O8PS/c1-8-29-19-45(29,60(55,56)24-28-21-46-26-47-22-28)20-39(52)38-16-32(23-51(38)42(54)34(44(4,5)6)17-41(53)59-30-11-9-10-12-30)58-40-18-36(37-25-61-43(50-37)48-27(2)3)49-35-15-31(57-7)13-14-33(35)40/h8,13-15,18,21-22,25-27,29-30,32,34,38H,1,9-12,16-17,19-20,23-24H2,2-7H3,(H,48,50)(H,55,56)/t29-,32-,34-,38+,45-/m1/s1. The number of nitrogens with zero attached hydrogens (tertiary/aromatic N) is 5. The lowest BCUT2D eigenvalue weighted by atomic mass is 9.77. The number of aromatic nitrogens is 4. The number of ether oxygens (including phenoxy) is 3. The molecule has 3 fully saturated rings. The van der Waals surface area contributed by atoms with Gasteiger partial charge in [-0.15, -0.1) is 17.9 Å². The van der Waals surface area contributed by atoms with Crippen LogP contribution in [0.2, 0.25) is 0 Å². The zero-order valence-corrected chi connectivity index (χ0v) is 37.5. The molecule has 0 spiro atoms. The van der Waals surface area contributed by atoms with Crippen molar-refractivity contribution in [1.29, 1.82) is 0 Å². The number of esters is 1. The van der Waals surface area contributed by atoms with E-state index >= 15 is 0 Å². The molecule has 4 aromatic rings. The lowest BCUT2D eigenvalue weighted by molar-refractivity contribution is -0.156. The number of carbonyl (C=O) groups is 3. The van der Waals surface area contributed by atoms with Crippen LogP contribution in [-0.2, 0) is 29.8 Å². The zero-order chi connectivity index (χ0) is 43.7. The minimum absolute atomic E-state index is 0.0456. The number of thiazole rings is 1. The molecular formula is C45H57N6O8PS. The summed E-state index contributed by atoms with van der Waals surface area (Å²) in [6.45, 7) is 13.8. The number of ketones is 1. The van der Waals surface area contributed by atoms with E-state index in [0.717, 1.165) is 30.8 Å². The van der Waals surface area contributed by atoms with Gasteiger partial charge in [-0.05, 0) is 75.0 Å². The Balaban J connectivity index is 1.22. The van der Waals surface area contributed by atoms with Gasteiger partial charge in [0.25, 0.3) is 0 Å². The number of rotatable bonds is 17. The van der Waals surface area contributed by atoms with E-state index in [1.54, 1.807) is 13.2 Å². The summed E-state index contributed by atoms with van der Waals surface area (Å²) in [4.78, 5) is 74.2. The van der Waals surface area contributed by atoms with Crippen LogP contribution >= 0.6 is 18.7 Å². The summed E-state index contributed by atoms with van der Waals surface area (Å²) in [5.41, 5.74) is 1.65. The molecule has 61 heavy (non-hydrogen) atoms. The maximum Gasteiger partial charge on any atom is 0.306 e. The van der Waals surface area contributed by atoms with Crippen molar-refractivity contribution in [1.82, 2.24) is 24.8 Å². The van der Waals surface area contributed by atoms with Gasteiger partial charge in [0.2, 0.25) is 13.3 Å². The van der Waals surface area contributed by atoms with Gasteiger partial charge in [0.1, 0.15) is 35.7 Å². The summed E-state index contributed by atoms with van der Waals surface area (Å²) in [5, 5.41) is 5.46. The Morgan fingerprint density at radius 1 is 1.10 bits per heavy atom. The first-order chi connectivity index (χ1) is 29.0. The third kappa shape index (κ3) is 9.84. The number of anilines is 1. The molecule has 0 bridgehead atoms. The number of hydrogen-bond donors (Lipinski definition) is 2. The molecule has 0 radical (unpaired) electrons. The van der Waals surface area contributed by atoms with Crippen molar-refractivity contribution in [3.63, 3.8) is 0 Å². The average Bonchev–Trinajstić information content (AvgIpc) is 3.61. The first-order valence-corrected chi connectivity index (χ1v) is 23.8. The molecule has 1 aliphatic heterocycles. The molecular weight excluding hydrogens is 816 g/mol.